The van der Waals surface area contributed by atoms with Crippen molar-refractivity contribution in [3.05, 3.63) is 41.0 Å². The van der Waals surface area contributed by atoms with E-state index in [0.717, 1.165) is 37.6 Å². The van der Waals surface area contributed by atoms with Crippen molar-refractivity contribution < 1.29 is 14.4 Å². The first kappa shape index (κ1) is 17.9. The van der Waals surface area contributed by atoms with E-state index in [9.17, 15) is 5.11 Å². The molecule has 1 N–H and O–H groups in total. The Hall–Kier alpha value is -1.92. The number of piperidine rings is 1. The summed E-state index contributed by atoms with van der Waals surface area (Å²) in [5.74, 6) is 2.59. The molecule has 1 saturated heterocycles. The number of likely N-dealkylation sites (tertiary alicyclic amines) is 1. The first-order valence-corrected chi connectivity index (χ1v) is 8.91. The molecule has 1 aliphatic rings. The molecule has 1 unspecified atom stereocenters. The van der Waals surface area contributed by atoms with E-state index >= 15 is 0 Å². The molecule has 136 valence electrons. The Balaban J connectivity index is 1.42. The quantitative estimate of drug-likeness (QED) is 0.868. The van der Waals surface area contributed by atoms with Crippen LogP contribution in [0.1, 0.15) is 41.6 Å². The summed E-state index contributed by atoms with van der Waals surface area (Å²) >= 11 is 0. The molecule has 25 heavy (non-hydrogen) atoms. The SMILES string of the molecule is Cc1cc(C)cc(OCC(O)CN2CCC(c3nc(C)no3)CC2)c1. The van der Waals surface area contributed by atoms with Gasteiger partial charge in [0.25, 0.3) is 0 Å². The van der Waals surface area contributed by atoms with Crippen molar-refractivity contribution >= 4 is 0 Å². The van der Waals surface area contributed by atoms with Gasteiger partial charge in [0.1, 0.15) is 18.5 Å². The topological polar surface area (TPSA) is 71.6 Å². The standard InChI is InChI=1S/C19H27N3O3/c1-13-8-14(2)10-18(9-13)24-12-17(23)11-22-6-4-16(5-7-22)19-20-15(3)21-25-19/h8-10,16-17,23H,4-7,11-12H2,1-3H3. The molecule has 1 aliphatic heterocycles. The fourth-order valence-corrected chi connectivity index (χ4v) is 3.40. The van der Waals surface area contributed by atoms with E-state index in [4.69, 9.17) is 9.26 Å². The van der Waals surface area contributed by atoms with Crippen LogP contribution in [0.2, 0.25) is 0 Å². The second-order valence-electron chi connectivity index (χ2n) is 7.04. The van der Waals surface area contributed by atoms with Crippen molar-refractivity contribution in [1.82, 2.24) is 15.0 Å². The van der Waals surface area contributed by atoms with Gasteiger partial charge in [-0.2, -0.15) is 4.98 Å². The Labute approximate surface area is 148 Å². The van der Waals surface area contributed by atoms with Crippen LogP contribution in [0.4, 0.5) is 0 Å². The van der Waals surface area contributed by atoms with Crippen LogP contribution in [0, 0.1) is 20.8 Å². The molecule has 0 aliphatic carbocycles. The predicted octanol–water partition coefficient (Wildman–Crippen LogP) is 2.61. The Kier molecular flexibility index (Phi) is 5.71. The molecule has 6 heteroatoms. The normalized spacial score (nSPS) is 17.6. The van der Waals surface area contributed by atoms with Gasteiger partial charge in [-0.05, 0) is 70.0 Å². The van der Waals surface area contributed by atoms with Crippen LogP contribution in [0.3, 0.4) is 0 Å². The van der Waals surface area contributed by atoms with E-state index in [2.05, 4.69) is 21.1 Å². The lowest BCUT2D eigenvalue weighted by Gasteiger charge is -2.31. The molecule has 0 radical (unpaired) electrons. The van der Waals surface area contributed by atoms with Crippen LogP contribution in [0.25, 0.3) is 0 Å². The first-order valence-electron chi connectivity index (χ1n) is 8.91. The third-order valence-corrected chi connectivity index (χ3v) is 4.59. The molecule has 1 fully saturated rings. The Morgan fingerprint density at radius 3 is 2.48 bits per heavy atom. The molecule has 1 aromatic heterocycles. The fourth-order valence-electron chi connectivity index (χ4n) is 3.40. The van der Waals surface area contributed by atoms with E-state index in [1.807, 2.05) is 32.9 Å². The minimum absolute atomic E-state index is 0.311. The van der Waals surface area contributed by atoms with E-state index in [1.165, 1.54) is 11.1 Å². The Morgan fingerprint density at radius 2 is 1.88 bits per heavy atom. The lowest BCUT2D eigenvalue weighted by molar-refractivity contribution is 0.0579. The van der Waals surface area contributed by atoms with Gasteiger partial charge in [0.15, 0.2) is 5.82 Å². The van der Waals surface area contributed by atoms with E-state index in [-0.39, 0.29) is 0 Å². The van der Waals surface area contributed by atoms with Crippen LogP contribution in [-0.4, -0.2) is 52.5 Å². The van der Waals surface area contributed by atoms with Gasteiger partial charge in [-0.3, -0.25) is 0 Å². The molecule has 1 atom stereocenters. The van der Waals surface area contributed by atoms with Gasteiger partial charge < -0.3 is 19.3 Å². The molecular weight excluding hydrogens is 318 g/mol. The van der Waals surface area contributed by atoms with Gasteiger partial charge in [-0.25, -0.2) is 0 Å². The maximum atomic E-state index is 10.3. The van der Waals surface area contributed by atoms with Gasteiger partial charge in [0.05, 0.1) is 0 Å². The molecule has 6 nitrogen and oxygen atoms in total. The highest BCUT2D eigenvalue weighted by Gasteiger charge is 2.25. The number of aliphatic hydroxyl groups is 1. The largest absolute Gasteiger partial charge is 0.491 e. The summed E-state index contributed by atoms with van der Waals surface area (Å²) in [6, 6.07) is 6.10. The average molecular weight is 345 g/mol. The van der Waals surface area contributed by atoms with E-state index in [0.29, 0.717) is 24.9 Å². The Morgan fingerprint density at radius 1 is 1.20 bits per heavy atom. The van der Waals surface area contributed by atoms with Crippen LogP contribution in [0.5, 0.6) is 5.75 Å². The van der Waals surface area contributed by atoms with Crippen molar-refractivity contribution in [2.24, 2.45) is 0 Å². The number of hydrogen-bond donors (Lipinski definition) is 1. The van der Waals surface area contributed by atoms with Crippen LogP contribution in [0.15, 0.2) is 22.7 Å². The van der Waals surface area contributed by atoms with Crippen molar-refractivity contribution in [2.75, 3.05) is 26.2 Å². The minimum Gasteiger partial charge on any atom is -0.491 e. The first-order chi connectivity index (χ1) is 12.0. The number of hydrogen-bond acceptors (Lipinski definition) is 6. The molecule has 1 aromatic carbocycles. The van der Waals surface area contributed by atoms with Gasteiger partial charge >= 0.3 is 0 Å². The smallest absolute Gasteiger partial charge is 0.229 e. The van der Waals surface area contributed by atoms with Gasteiger partial charge in [-0.15, -0.1) is 0 Å². The van der Waals surface area contributed by atoms with Crippen LogP contribution < -0.4 is 4.74 Å². The predicted molar refractivity (Wildman–Crippen MR) is 94.9 cm³/mol. The van der Waals surface area contributed by atoms with Gasteiger partial charge in [-0.1, -0.05) is 11.2 Å². The summed E-state index contributed by atoms with van der Waals surface area (Å²) < 4.78 is 11.0. The van der Waals surface area contributed by atoms with Crippen LogP contribution >= 0.6 is 0 Å². The molecule has 0 bridgehead atoms. The zero-order valence-corrected chi connectivity index (χ0v) is 15.2. The maximum Gasteiger partial charge on any atom is 0.229 e. The lowest BCUT2D eigenvalue weighted by Crippen LogP contribution is -2.40. The second-order valence-corrected chi connectivity index (χ2v) is 7.04. The van der Waals surface area contributed by atoms with E-state index in [1.54, 1.807) is 0 Å². The van der Waals surface area contributed by atoms with E-state index < -0.39 is 6.10 Å². The molecule has 3 rings (SSSR count). The molecule has 2 heterocycles. The summed E-state index contributed by atoms with van der Waals surface area (Å²) in [4.78, 5) is 6.60. The summed E-state index contributed by atoms with van der Waals surface area (Å²) in [6.07, 6.45) is 1.46. The van der Waals surface area contributed by atoms with Gasteiger partial charge in [0, 0.05) is 12.5 Å². The number of ether oxygens (including phenoxy) is 1. The van der Waals surface area contributed by atoms with Crippen molar-refractivity contribution in [2.45, 2.75) is 45.6 Å². The lowest BCUT2D eigenvalue weighted by atomic mass is 9.96. The monoisotopic (exact) mass is 345 g/mol. The third-order valence-electron chi connectivity index (χ3n) is 4.59. The summed E-state index contributed by atoms with van der Waals surface area (Å²) in [6.45, 7) is 8.72. The molecule has 0 spiro atoms. The zero-order valence-electron chi connectivity index (χ0n) is 15.2. The number of aryl methyl sites for hydroxylation is 3. The number of β-amino-alcohol motifs (C(OH)–C–C–N with tert-alkyl or cyclic N) is 1. The second kappa shape index (κ2) is 7.97. The van der Waals surface area contributed by atoms with Crippen molar-refractivity contribution in [3.63, 3.8) is 0 Å². The molecule has 0 saturated carbocycles. The fraction of sp³-hybridized carbons (Fsp3) is 0.579. The molecule has 2 aromatic rings. The highest BCUT2D eigenvalue weighted by Crippen LogP contribution is 2.26. The van der Waals surface area contributed by atoms with Gasteiger partial charge in [0.2, 0.25) is 5.89 Å². The number of nitrogens with zero attached hydrogens (tertiary/aromatic N) is 3. The Bertz CT molecular complexity index is 673. The summed E-state index contributed by atoms with van der Waals surface area (Å²) in [5, 5.41) is 14.1. The highest BCUT2D eigenvalue weighted by molar-refractivity contribution is 5.32. The summed E-state index contributed by atoms with van der Waals surface area (Å²) in [7, 11) is 0. The minimum atomic E-state index is -0.497. The number of rotatable bonds is 6. The van der Waals surface area contributed by atoms with Crippen molar-refractivity contribution in [3.8, 4) is 5.75 Å². The zero-order chi connectivity index (χ0) is 17.8. The maximum absolute atomic E-state index is 10.3. The molecule has 0 amide bonds. The summed E-state index contributed by atoms with van der Waals surface area (Å²) in [5.41, 5.74) is 2.34. The number of benzene rings is 1. The molecular formula is C19H27N3O3. The average Bonchev–Trinajstić information content (AvgIpc) is 2.99. The van der Waals surface area contributed by atoms with Crippen LogP contribution in [-0.2, 0) is 0 Å². The number of aromatic nitrogens is 2. The van der Waals surface area contributed by atoms with Crippen molar-refractivity contribution in [1.29, 1.82) is 0 Å². The number of aliphatic hydroxyl groups excluding tert-OH is 1. The third kappa shape index (κ3) is 5.03. The highest BCUT2D eigenvalue weighted by atomic mass is 16.5.